The third-order valence-corrected chi connectivity index (χ3v) is 14.1. The second-order valence-corrected chi connectivity index (χ2v) is 18.7. The molecule has 0 bridgehead atoms. The van der Waals surface area contributed by atoms with Crippen molar-refractivity contribution in [2.45, 2.75) is 19.3 Å². The monoisotopic (exact) mass is 911 g/mol. The molecule has 9 aromatic carbocycles. The van der Waals surface area contributed by atoms with Crippen LogP contribution in [0.2, 0.25) is 0 Å². The summed E-state index contributed by atoms with van der Waals surface area (Å²) in [5.41, 5.74) is 14.7. The summed E-state index contributed by atoms with van der Waals surface area (Å²) in [4.78, 5) is 31.6. The zero-order chi connectivity index (χ0) is 47.2. The van der Waals surface area contributed by atoms with Crippen LogP contribution in [0.15, 0.2) is 217 Å². The van der Waals surface area contributed by atoms with E-state index < -0.39 is 0 Å². The van der Waals surface area contributed by atoms with Crippen LogP contribution in [0, 0.1) is 0 Å². The normalized spacial score (nSPS) is 12.8. The maximum absolute atomic E-state index is 6.47. The minimum Gasteiger partial charge on any atom is -0.456 e. The Kier molecular flexibility index (Phi) is 9.06. The van der Waals surface area contributed by atoms with E-state index >= 15 is 0 Å². The van der Waals surface area contributed by atoms with Crippen LogP contribution in [-0.4, -0.2) is 34.5 Å². The molecule has 13 aromatic rings. The van der Waals surface area contributed by atoms with Crippen LogP contribution in [0.5, 0.6) is 0 Å². The van der Waals surface area contributed by atoms with E-state index in [0.717, 1.165) is 82.8 Å². The number of nitrogens with zero attached hydrogens (tertiary/aromatic N) is 7. The first-order valence-electron chi connectivity index (χ1n) is 23.9. The molecule has 0 atom stereocenters. The lowest BCUT2D eigenvalue weighted by Gasteiger charge is -2.21. The van der Waals surface area contributed by atoms with Crippen molar-refractivity contribution < 1.29 is 4.42 Å². The molecule has 71 heavy (non-hydrogen) atoms. The third-order valence-electron chi connectivity index (χ3n) is 14.1. The molecule has 0 aliphatic heterocycles. The second-order valence-electron chi connectivity index (χ2n) is 18.7. The van der Waals surface area contributed by atoms with Crippen LogP contribution in [-0.2, 0) is 5.41 Å². The van der Waals surface area contributed by atoms with Gasteiger partial charge in [-0.15, -0.1) is 0 Å². The largest absolute Gasteiger partial charge is 0.456 e. The first-order chi connectivity index (χ1) is 34.9. The van der Waals surface area contributed by atoms with Gasteiger partial charge in [-0.1, -0.05) is 178 Å². The fourth-order valence-corrected chi connectivity index (χ4v) is 10.6. The number of hydrogen-bond donors (Lipinski definition) is 0. The average Bonchev–Trinajstić information content (AvgIpc) is 4.05. The predicted molar refractivity (Wildman–Crippen MR) is 285 cm³/mol. The maximum Gasteiger partial charge on any atom is 0.166 e. The molecule has 14 rings (SSSR count). The highest BCUT2D eigenvalue weighted by molar-refractivity contribution is 6.17. The van der Waals surface area contributed by atoms with Gasteiger partial charge < -0.3 is 8.98 Å². The van der Waals surface area contributed by atoms with Crippen LogP contribution in [0.25, 0.3) is 129 Å². The van der Waals surface area contributed by atoms with Gasteiger partial charge in [0.15, 0.2) is 34.9 Å². The molecule has 4 aromatic heterocycles. The first-order valence-corrected chi connectivity index (χ1v) is 23.9. The molecule has 8 nitrogen and oxygen atoms in total. The minimum atomic E-state index is -0.132. The molecule has 0 fully saturated rings. The molecule has 8 heteroatoms. The van der Waals surface area contributed by atoms with Crippen molar-refractivity contribution in [1.29, 1.82) is 0 Å². The average molecular weight is 912 g/mol. The summed E-state index contributed by atoms with van der Waals surface area (Å²) in [5.74, 6) is 3.32. The summed E-state index contributed by atoms with van der Waals surface area (Å²) in [7, 11) is 0. The van der Waals surface area contributed by atoms with Gasteiger partial charge in [0.2, 0.25) is 0 Å². The van der Waals surface area contributed by atoms with Crippen LogP contribution in [0.3, 0.4) is 0 Å². The Hall–Kier alpha value is -9.40. The lowest BCUT2D eigenvalue weighted by atomic mass is 9.82. The summed E-state index contributed by atoms with van der Waals surface area (Å²) in [6.07, 6.45) is 0. The van der Waals surface area contributed by atoms with Gasteiger partial charge in [-0.2, -0.15) is 0 Å². The van der Waals surface area contributed by atoms with E-state index in [1.54, 1.807) is 0 Å². The lowest BCUT2D eigenvalue weighted by molar-refractivity contribution is 0.660. The molecule has 0 N–H and O–H groups in total. The van der Waals surface area contributed by atoms with Gasteiger partial charge in [0.1, 0.15) is 11.2 Å². The van der Waals surface area contributed by atoms with Gasteiger partial charge >= 0.3 is 0 Å². The summed E-state index contributed by atoms with van der Waals surface area (Å²) >= 11 is 0. The smallest absolute Gasteiger partial charge is 0.166 e. The fourth-order valence-electron chi connectivity index (χ4n) is 10.6. The van der Waals surface area contributed by atoms with Crippen molar-refractivity contribution >= 4 is 43.7 Å². The van der Waals surface area contributed by atoms with E-state index in [1.165, 1.54) is 22.3 Å². The van der Waals surface area contributed by atoms with Gasteiger partial charge in [0, 0.05) is 60.3 Å². The quantitative estimate of drug-likeness (QED) is 0.157. The van der Waals surface area contributed by atoms with Gasteiger partial charge in [-0.25, -0.2) is 29.9 Å². The molecular weight excluding hydrogens is 871 g/mol. The third kappa shape index (κ3) is 6.60. The molecule has 0 saturated heterocycles. The zero-order valence-corrected chi connectivity index (χ0v) is 38.7. The molecule has 1 aliphatic rings. The van der Waals surface area contributed by atoms with Crippen LogP contribution < -0.4 is 0 Å². The number of rotatable bonds is 7. The molecule has 0 unspecified atom stereocenters. The van der Waals surface area contributed by atoms with Crippen molar-refractivity contribution in [1.82, 2.24) is 34.5 Å². The second kappa shape index (κ2) is 15.8. The number of para-hydroxylation sites is 2. The number of aromatic nitrogens is 7. The van der Waals surface area contributed by atoms with E-state index in [1.807, 2.05) is 103 Å². The number of benzene rings is 9. The highest BCUT2D eigenvalue weighted by Gasteiger charge is 2.35. The molecule has 1 aliphatic carbocycles. The zero-order valence-electron chi connectivity index (χ0n) is 38.7. The topological polar surface area (TPSA) is 95.4 Å². The molecule has 0 saturated carbocycles. The number of furan rings is 1. The van der Waals surface area contributed by atoms with Crippen LogP contribution in [0.1, 0.15) is 25.0 Å². The molecule has 4 heterocycles. The molecular formula is C63H41N7O. The first kappa shape index (κ1) is 40.6. The van der Waals surface area contributed by atoms with Gasteiger partial charge in [-0.3, -0.25) is 0 Å². The predicted octanol–water partition coefficient (Wildman–Crippen LogP) is 15.4. The van der Waals surface area contributed by atoms with E-state index in [-0.39, 0.29) is 5.41 Å². The van der Waals surface area contributed by atoms with E-state index in [0.29, 0.717) is 34.9 Å². The van der Waals surface area contributed by atoms with Gasteiger partial charge in [0.05, 0.1) is 16.7 Å². The van der Waals surface area contributed by atoms with Crippen LogP contribution in [0.4, 0.5) is 0 Å². The Morgan fingerprint density at radius 2 is 0.817 bits per heavy atom. The Morgan fingerprint density at radius 1 is 0.324 bits per heavy atom. The summed E-state index contributed by atoms with van der Waals surface area (Å²) in [5, 5.41) is 4.27. The standard InChI is InChI=1S/C63H41N7O/c1-63(2)50-27-15-12-24-43(50)46-34-41(30-32-51(46)63)60-65-57(38-18-6-3-7-19-38)66-61(67-60)42-31-33-53(49(35-42)62-68-58(39-20-8-4-9-21-39)64-59(69-62)40-22-10-5-11-23-40)70-52-28-16-13-25-44(52)47-37-56-48(36-54(47)70)45-26-14-17-29-55(45)71-56/h3-37H,1-2H3. The highest BCUT2D eigenvalue weighted by Crippen LogP contribution is 2.49. The summed E-state index contributed by atoms with van der Waals surface area (Å²) < 4.78 is 8.80. The van der Waals surface area contributed by atoms with E-state index in [2.05, 4.69) is 128 Å². The Balaban J connectivity index is 1.04. The SMILES string of the molecule is CC1(C)c2ccccc2-c2cc(-c3nc(-c4ccccc4)nc(-c4ccc(-n5c6ccccc6c6cc7oc8ccccc8c7cc65)c(-c5nc(-c6ccccc6)nc(-c6ccccc6)n5)c4)n3)ccc21. The minimum absolute atomic E-state index is 0.132. The van der Waals surface area contributed by atoms with Gasteiger partial charge in [-0.05, 0) is 70.8 Å². The van der Waals surface area contributed by atoms with Crippen molar-refractivity contribution in [2.75, 3.05) is 0 Å². The van der Waals surface area contributed by atoms with E-state index in [4.69, 9.17) is 34.3 Å². The Morgan fingerprint density at radius 3 is 1.46 bits per heavy atom. The van der Waals surface area contributed by atoms with Crippen LogP contribution >= 0.6 is 0 Å². The highest BCUT2D eigenvalue weighted by atomic mass is 16.3. The summed E-state index contributed by atoms with van der Waals surface area (Å²) in [6.45, 7) is 4.59. The number of fused-ring (bicyclic) bond motifs is 9. The Bertz CT molecular complexity index is 4200. The molecule has 0 radical (unpaired) electrons. The van der Waals surface area contributed by atoms with Crippen molar-refractivity contribution in [3.05, 3.63) is 223 Å². The number of hydrogen-bond acceptors (Lipinski definition) is 7. The summed E-state index contributed by atoms with van der Waals surface area (Å²) in [6, 6.07) is 73.2. The molecule has 0 spiro atoms. The van der Waals surface area contributed by atoms with Crippen molar-refractivity contribution in [3.8, 4) is 85.1 Å². The van der Waals surface area contributed by atoms with Crippen molar-refractivity contribution in [2.24, 2.45) is 0 Å². The fraction of sp³-hybridized carbons (Fsp3) is 0.0476. The Labute approximate surface area is 408 Å². The lowest BCUT2D eigenvalue weighted by Crippen LogP contribution is -2.14. The van der Waals surface area contributed by atoms with E-state index in [9.17, 15) is 0 Å². The van der Waals surface area contributed by atoms with Crippen molar-refractivity contribution in [3.63, 3.8) is 0 Å². The molecule has 0 amide bonds. The maximum atomic E-state index is 6.47. The van der Waals surface area contributed by atoms with Gasteiger partial charge in [0.25, 0.3) is 0 Å². The molecule has 334 valence electrons.